The molecule has 4 rings (SSSR count). The minimum absolute atomic E-state index is 0. The van der Waals surface area contributed by atoms with Crippen LogP contribution in [0.25, 0.3) is 28.3 Å². The van der Waals surface area contributed by atoms with E-state index < -0.39 is 0 Å². The summed E-state index contributed by atoms with van der Waals surface area (Å²) in [6.07, 6.45) is 1.55. The molecule has 115 valence electrons. The van der Waals surface area contributed by atoms with Gasteiger partial charge in [0.2, 0.25) is 0 Å². The molecule has 0 aliphatic heterocycles. The molecule has 0 unspecified atom stereocenters. The van der Waals surface area contributed by atoms with Crippen LogP contribution in [0.2, 0.25) is 0 Å². The largest absolute Gasteiger partial charge is 0.311 e. The van der Waals surface area contributed by atoms with Crippen molar-refractivity contribution >= 4 is 11.5 Å². The van der Waals surface area contributed by atoms with E-state index in [1.165, 1.54) is 11.5 Å². The van der Waals surface area contributed by atoms with E-state index in [9.17, 15) is 0 Å². The van der Waals surface area contributed by atoms with E-state index in [1.54, 1.807) is 6.33 Å². The topological polar surface area (TPSA) is 43.6 Å². The van der Waals surface area contributed by atoms with Crippen molar-refractivity contribution in [3.8, 4) is 28.3 Å². The molecular weight excluding hydrogens is 395 g/mol. The van der Waals surface area contributed by atoms with Crippen molar-refractivity contribution in [1.82, 2.24) is 19.1 Å². The van der Waals surface area contributed by atoms with E-state index in [-0.39, 0.29) is 19.5 Å². The van der Waals surface area contributed by atoms with E-state index in [0.717, 1.165) is 16.8 Å². The molecule has 4 nitrogen and oxygen atoms in total. The van der Waals surface area contributed by atoms with Crippen LogP contribution in [-0.4, -0.2) is 19.1 Å². The first-order valence-corrected chi connectivity index (χ1v) is 7.64. The average Bonchev–Trinajstić information content (AvgIpc) is 3.26. The first-order chi connectivity index (χ1) is 10.9. The molecule has 0 saturated carbocycles. The number of nitrogens with zero attached hydrogens (tertiary/aromatic N) is 4. The van der Waals surface area contributed by atoms with Crippen LogP contribution in [-0.2, 0) is 19.5 Å². The van der Waals surface area contributed by atoms with Crippen LogP contribution in [0.1, 0.15) is 0 Å². The summed E-state index contributed by atoms with van der Waals surface area (Å²) in [4.78, 5) is 4.33. The number of aromatic nitrogens is 4. The maximum Gasteiger partial charge on any atom is 0.118 e. The summed E-state index contributed by atoms with van der Waals surface area (Å²) in [6, 6.07) is 21.5. The van der Waals surface area contributed by atoms with Crippen molar-refractivity contribution in [3.63, 3.8) is 0 Å². The third kappa shape index (κ3) is 3.00. The summed E-state index contributed by atoms with van der Waals surface area (Å²) in [6.45, 7) is 0. The Hall–Kier alpha value is -2.17. The first-order valence-electron chi connectivity index (χ1n) is 6.81. The molecular formula is C17H11N4RhS-. The van der Waals surface area contributed by atoms with Crippen LogP contribution in [0, 0.1) is 6.07 Å². The Balaban J connectivity index is 0.00000156. The van der Waals surface area contributed by atoms with Crippen molar-refractivity contribution in [2.75, 3.05) is 0 Å². The van der Waals surface area contributed by atoms with Gasteiger partial charge in [-0.3, -0.25) is 4.68 Å². The van der Waals surface area contributed by atoms with Gasteiger partial charge in [-0.2, -0.15) is 5.10 Å². The molecule has 0 bridgehead atoms. The minimum atomic E-state index is 0. The van der Waals surface area contributed by atoms with Crippen LogP contribution in [0.15, 0.2) is 66.3 Å². The summed E-state index contributed by atoms with van der Waals surface area (Å²) < 4.78 is 6.12. The summed E-state index contributed by atoms with van der Waals surface area (Å²) in [5.41, 5.74) is 3.93. The third-order valence-electron chi connectivity index (χ3n) is 3.37. The molecule has 2 aromatic carbocycles. The molecule has 0 amide bonds. The molecule has 0 aliphatic carbocycles. The van der Waals surface area contributed by atoms with Gasteiger partial charge in [-0.15, -0.1) is 0 Å². The van der Waals surface area contributed by atoms with Crippen molar-refractivity contribution in [3.05, 3.63) is 72.4 Å². The Morgan fingerprint density at radius 1 is 0.957 bits per heavy atom. The van der Waals surface area contributed by atoms with Gasteiger partial charge in [0.15, 0.2) is 0 Å². The molecule has 4 aromatic rings. The molecule has 23 heavy (non-hydrogen) atoms. The number of hydrogen-bond acceptors (Lipinski definition) is 4. The van der Waals surface area contributed by atoms with Gasteiger partial charge in [0.05, 0.1) is 5.69 Å². The number of hydrogen-bond donors (Lipinski definition) is 0. The maximum atomic E-state index is 4.38. The zero-order valence-electron chi connectivity index (χ0n) is 11.9. The standard InChI is InChI=1S/C17H11N4S.Rh/c1-2-6-13(7-3-1)14-8-4-5-9-16(14)21-17(18-12-19-21)15-10-11-22-20-15;/h1-9,11-12H;/q-1;. The number of rotatable bonds is 3. The van der Waals surface area contributed by atoms with Crippen LogP contribution in [0.4, 0.5) is 0 Å². The Kier molecular flexibility index (Phi) is 4.74. The fraction of sp³-hybridized carbons (Fsp3) is 0. The van der Waals surface area contributed by atoms with Gasteiger partial charge in [-0.05, 0) is 17.3 Å². The SMILES string of the molecule is [Rh].[c-]1csnc1-c1ncnn1-c1ccccc1-c1ccccc1. The van der Waals surface area contributed by atoms with Crippen molar-refractivity contribution in [2.45, 2.75) is 0 Å². The van der Waals surface area contributed by atoms with Gasteiger partial charge in [0, 0.05) is 30.9 Å². The van der Waals surface area contributed by atoms with Gasteiger partial charge in [-0.1, -0.05) is 65.4 Å². The molecule has 1 radical (unpaired) electrons. The number of para-hydroxylation sites is 1. The van der Waals surface area contributed by atoms with Crippen molar-refractivity contribution in [1.29, 1.82) is 0 Å². The van der Waals surface area contributed by atoms with E-state index in [4.69, 9.17) is 0 Å². The Morgan fingerprint density at radius 3 is 2.52 bits per heavy atom. The Morgan fingerprint density at radius 2 is 1.74 bits per heavy atom. The summed E-state index contributed by atoms with van der Waals surface area (Å²) >= 11 is 1.36. The van der Waals surface area contributed by atoms with E-state index in [1.807, 2.05) is 46.5 Å². The van der Waals surface area contributed by atoms with Crippen LogP contribution in [0.3, 0.4) is 0 Å². The second-order valence-corrected chi connectivity index (χ2v) is 5.32. The van der Waals surface area contributed by atoms with Crippen LogP contribution >= 0.6 is 11.5 Å². The first kappa shape index (κ1) is 15.7. The molecule has 2 heterocycles. The van der Waals surface area contributed by atoms with E-state index in [0.29, 0.717) is 11.5 Å². The molecule has 0 saturated heterocycles. The molecule has 0 spiro atoms. The Labute approximate surface area is 150 Å². The van der Waals surface area contributed by atoms with E-state index in [2.05, 4.69) is 38.7 Å². The smallest absolute Gasteiger partial charge is 0.118 e. The fourth-order valence-electron chi connectivity index (χ4n) is 2.39. The Bertz CT molecular complexity index is 888. The molecule has 0 N–H and O–H groups in total. The quantitative estimate of drug-likeness (QED) is 0.384. The molecule has 2 aromatic heterocycles. The molecule has 6 heteroatoms. The van der Waals surface area contributed by atoms with Gasteiger partial charge in [0.1, 0.15) is 6.33 Å². The van der Waals surface area contributed by atoms with Crippen LogP contribution < -0.4 is 0 Å². The average molecular weight is 406 g/mol. The van der Waals surface area contributed by atoms with Gasteiger partial charge in [-0.25, -0.2) is 10.4 Å². The fourth-order valence-corrected chi connectivity index (χ4v) is 2.85. The number of benzene rings is 2. The second-order valence-electron chi connectivity index (χ2n) is 4.69. The summed E-state index contributed by atoms with van der Waals surface area (Å²) in [5, 5.41) is 6.20. The minimum Gasteiger partial charge on any atom is -0.311 e. The third-order valence-corrected chi connectivity index (χ3v) is 3.88. The van der Waals surface area contributed by atoms with Crippen LogP contribution in [0.5, 0.6) is 0 Å². The maximum absolute atomic E-state index is 4.38. The van der Waals surface area contributed by atoms with Gasteiger partial charge in [0.25, 0.3) is 0 Å². The second kappa shape index (κ2) is 6.94. The van der Waals surface area contributed by atoms with Crippen molar-refractivity contribution < 1.29 is 19.5 Å². The monoisotopic (exact) mass is 406 g/mol. The van der Waals surface area contributed by atoms with Gasteiger partial charge >= 0.3 is 0 Å². The van der Waals surface area contributed by atoms with Gasteiger partial charge < -0.3 is 4.98 Å². The predicted molar refractivity (Wildman–Crippen MR) is 86.7 cm³/mol. The summed E-state index contributed by atoms with van der Waals surface area (Å²) in [7, 11) is 0. The molecule has 0 aliphatic rings. The van der Waals surface area contributed by atoms with E-state index >= 15 is 0 Å². The predicted octanol–water partition coefficient (Wildman–Crippen LogP) is 3.86. The zero-order valence-corrected chi connectivity index (χ0v) is 14.3. The van der Waals surface area contributed by atoms with Crippen molar-refractivity contribution in [2.24, 2.45) is 0 Å². The summed E-state index contributed by atoms with van der Waals surface area (Å²) in [5.74, 6) is 0.699. The molecule has 0 atom stereocenters. The molecule has 0 fully saturated rings. The zero-order chi connectivity index (χ0) is 14.8. The normalized spacial score (nSPS) is 10.3.